The molecule has 0 amide bonds. The van der Waals surface area contributed by atoms with Crippen molar-refractivity contribution in [2.45, 2.75) is 73.0 Å². The summed E-state index contributed by atoms with van der Waals surface area (Å²) in [6.45, 7) is 14.3. The van der Waals surface area contributed by atoms with E-state index in [0.29, 0.717) is 11.5 Å². The topological polar surface area (TPSA) is 32.3 Å². The summed E-state index contributed by atoms with van der Waals surface area (Å²) in [7, 11) is 0. The Kier molecular flexibility index (Phi) is 4.65. The van der Waals surface area contributed by atoms with Gasteiger partial charge in [-0.15, -0.1) is 0 Å². The van der Waals surface area contributed by atoms with Crippen LogP contribution in [0.5, 0.6) is 0 Å². The molecule has 0 aromatic carbocycles. The largest absolute Gasteiger partial charge is 0.392 e. The molecule has 102 valence electrons. The quantitative estimate of drug-likeness (QED) is 0.792. The van der Waals surface area contributed by atoms with Crippen LogP contribution in [0, 0.1) is 16.7 Å². The number of hydrogen-bond acceptors (Lipinski definition) is 2. The molecule has 0 aromatic rings. The Balaban J connectivity index is 2.32. The predicted molar refractivity (Wildman–Crippen MR) is 74.0 cm³/mol. The van der Waals surface area contributed by atoms with Crippen molar-refractivity contribution in [1.29, 1.82) is 0 Å². The van der Waals surface area contributed by atoms with Crippen LogP contribution in [0.15, 0.2) is 0 Å². The number of aliphatic hydroxyl groups excluding tert-OH is 1. The molecule has 1 saturated carbocycles. The molecule has 1 fully saturated rings. The Bertz CT molecular complexity index is 242. The summed E-state index contributed by atoms with van der Waals surface area (Å²) >= 11 is 0. The first-order chi connectivity index (χ1) is 7.59. The van der Waals surface area contributed by atoms with Gasteiger partial charge in [-0.2, -0.15) is 0 Å². The molecule has 3 atom stereocenters. The number of hydrogen-bond donors (Lipinski definition) is 2. The highest BCUT2D eigenvalue weighted by Gasteiger charge is 2.36. The van der Waals surface area contributed by atoms with Crippen LogP contribution < -0.4 is 5.32 Å². The second-order valence-electron chi connectivity index (χ2n) is 7.98. The third kappa shape index (κ3) is 5.39. The first-order valence-corrected chi connectivity index (χ1v) is 7.00. The molecule has 3 unspecified atom stereocenters. The third-order valence-electron chi connectivity index (χ3n) is 3.80. The van der Waals surface area contributed by atoms with Gasteiger partial charge in [-0.05, 0) is 36.0 Å². The number of nitrogens with one attached hydrogen (secondary N) is 1. The summed E-state index contributed by atoms with van der Waals surface area (Å²) in [6.07, 6.45) is 3.17. The van der Waals surface area contributed by atoms with Gasteiger partial charge in [-0.1, -0.05) is 41.5 Å². The average Bonchev–Trinajstić information content (AvgIpc) is 2.33. The highest BCUT2D eigenvalue weighted by atomic mass is 16.3. The van der Waals surface area contributed by atoms with Crippen molar-refractivity contribution in [2.24, 2.45) is 16.7 Å². The standard InChI is InChI=1S/C15H31NO/c1-11-7-15(5,6)9-13(11)16-10-12(17)8-14(2,3)4/h11-13,16-17H,7-10H2,1-6H3. The van der Waals surface area contributed by atoms with Crippen LogP contribution in [0.3, 0.4) is 0 Å². The van der Waals surface area contributed by atoms with Gasteiger partial charge in [0.2, 0.25) is 0 Å². The van der Waals surface area contributed by atoms with Crippen molar-refractivity contribution in [1.82, 2.24) is 5.32 Å². The van der Waals surface area contributed by atoms with Crippen LogP contribution in [0.2, 0.25) is 0 Å². The fraction of sp³-hybridized carbons (Fsp3) is 1.00. The molecule has 2 N–H and O–H groups in total. The maximum Gasteiger partial charge on any atom is 0.0669 e. The van der Waals surface area contributed by atoms with Gasteiger partial charge >= 0.3 is 0 Å². The minimum atomic E-state index is -0.217. The Labute approximate surface area is 107 Å². The second kappa shape index (κ2) is 5.27. The number of aliphatic hydroxyl groups is 1. The minimum absolute atomic E-state index is 0.210. The van der Waals surface area contributed by atoms with Gasteiger partial charge < -0.3 is 10.4 Å². The van der Waals surface area contributed by atoms with Crippen molar-refractivity contribution in [3.8, 4) is 0 Å². The molecule has 0 saturated heterocycles. The van der Waals surface area contributed by atoms with Crippen molar-refractivity contribution in [2.75, 3.05) is 6.54 Å². The molecule has 0 bridgehead atoms. The van der Waals surface area contributed by atoms with Crippen LogP contribution >= 0.6 is 0 Å². The molecule has 17 heavy (non-hydrogen) atoms. The third-order valence-corrected chi connectivity index (χ3v) is 3.80. The van der Waals surface area contributed by atoms with Crippen LogP contribution in [-0.4, -0.2) is 23.8 Å². The van der Waals surface area contributed by atoms with Gasteiger partial charge in [0, 0.05) is 12.6 Å². The lowest BCUT2D eigenvalue weighted by molar-refractivity contribution is 0.114. The first kappa shape index (κ1) is 15.0. The molecule has 1 rings (SSSR count). The molecule has 0 aliphatic heterocycles. The van der Waals surface area contributed by atoms with Crippen LogP contribution in [0.25, 0.3) is 0 Å². The molecule has 2 nitrogen and oxygen atoms in total. The second-order valence-corrected chi connectivity index (χ2v) is 7.98. The minimum Gasteiger partial charge on any atom is -0.392 e. The summed E-state index contributed by atoms with van der Waals surface area (Å²) in [4.78, 5) is 0. The van der Waals surface area contributed by atoms with Crippen molar-refractivity contribution in [3.05, 3.63) is 0 Å². The Morgan fingerprint density at radius 3 is 2.29 bits per heavy atom. The van der Waals surface area contributed by atoms with Gasteiger partial charge in [0.05, 0.1) is 6.10 Å². The molecule has 0 aromatic heterocycles. The van der Waals surface area contributed by atoms with Crippen molar-refractivity contribution in [3.63, 3.8) is 0 Å². The lowest BCUT2D eigenvalue weighted by Gasteiger charge is -2.25. The zero-order valence-corrected chi connectivity index (χ0v) is 12.5. The van der Waals surface area contributed by atoms with E-state index >= 15 is 0 Å². The van der Waals surface area contributed by atoms with Crippen LogP contribution in [0.1, 0.15) is 60.8 Å². The lowest BCUT2D eigenvalue weighted by Crippen LogP contribution is -2.38. The maximum absolute atomic E-state index is 10.00. The predicted octanol–water partition coefficient (Wildman–Crippen LogP) is 3.20. The molecular weight excluding hydrogens is 210 g/mol. The van der Waals surface area contributed by atoms with Crippen molar-refractivity contribution >= 4 is 0 Å². The van der Waals surface area contributed by atoms with Crippen LogP contribution in [-0.2, 0) is 0 Å². The molecule has 0 spiro atoms. The highest BCUT2D eigenvalue weighted by molar-refractivity contribution is 4.91. The van der Waals surface area contributed by atoms with Crippen molar-refractivity contribution < 1.29 is 5.11 Å². The zero-order chi connectivity index (χ0) is 13.3. The maximum atomic E-state index is 10.00. The zero-order valence-electron chi connectivity index (χ0n) is 12.5. The van der Waals surface area contributed by atoms with Gasteiger partial charge in [-0.3, -0.25) is 0 Å². The summed E-state index contributed by atoms with van der Waals surface area (Å²) in [5.41, 5.74) is 0.674. The fourth-order valence-electron chi connectivity index (χ4n) is 3.23. The van der Waals surface area contributed by atoms with Crippen LogP contribution in [0.4, 0.5) is 0 Å². The van der Waals surface area contributed by atoms with Gasteiger partial charge in [0.25, 0.3) is 0 Å². The summed E-state index contributed by atoms with van der Waals surface area (Å²) in [5, 5.41) is 13.6. The van der Waals surface area contributed by atoms with E-state index in [1.54, 1.807) is 0 Å². The Hall–Kier alpha value is -0.0800. The van der Waals surface area contributed by atoms with E-state index in [1.165, 1.54) is 12.8 Å². The van der Waals surface area contributed by atoms with E-state index in [0.717, 1.165) is 18.9 Å². The molecule has 1 aliphatic rings. The highest BCUT2D eigenvalue weighted by Crippen LogP contribution is 2.40. The molecule has 2 heteroatoms. The number of rotatable bonds is 4. The Morgan fingerprint density at radius 2 is 1.88 bits per heavy atom. The lowest BCUT2D eigenvalue weighted by atomic mass is 9.89. The molecule has 1 aliphatic carbocycles. The SMILES string of the molecule is CC1CC(C)(C)CC1NCC(O)CC(C)(C)C. The Morgan fingerprint density at radius 1 is 1.29 bits per heavy atom. The van der Waals surface area contributed by atoms with E-state index in [9.17, 15) is 5.11 Å². The monoisotopic (exact) mass is 241 g/mol. The molecular formula is C15H31NO. The van der Waals surface area contributed by atoms with E-state index < -0.39 is 0 Å². The summed E-state index contributed by atoms with van der Waals surface area (Å²) < 4.78 is 0. The van der Waals surface area contributed by atoms with Gasteiger partial charge in [0.1, 0.15) is 0 Å². The average molecular weight is 241 g/mol. The normalized spacial score (nSPS) is 30.5. The molecule has 0 heterocycles. The van der Waals surface area contributed by atoms with E-state index in [1.807, 2.05) is 0 Å². The smallest absolute Gasteiger partial charge is 0.0669 e. The van der Waals surface area contributed by atoms with E-state index in [-0.39, 0.29) is 11.5 Å². The summed E-state index contributed by atoms with van der Waals surface area (Å²) in [6, 6.07) is 0.583. The first-order valence-electron chi connectivity index (χ1n) is 7.00. The van der Waals surface area contributed by atoms with E-state index in [4.69, 9.17) is 0 Å². The van der Waals surface area contributed by atoms with Gasteiger partial charge in [-0.25, -0.2) is 0 Å². The van der Waals surface area contributed by atoms with Gasteiger partial charge in [0.15, 0.2) is 0 Å². The molecule has 0 radical (unpaired) electrons. The summed E-state index contributed by atoms with van der Waals surface area (Å²) in [5.74, 6) is 0.729. The fourth-order valence-corrected chi connectivity index (χ4v) is 3.23. The van der Waals surface area contributed by atoms with E-state index in [2.05, 4.69) is 46.9 Å².